The van der Waals surface area contributed by atoms with Crippen molar-refractivity contribution in [2.24, 2.45) is 5.92 Å². The van der Waals surface area contributed by atoms with Gasteiger partial charge in [0, 0.05) is 36.8 Å². The molecule has 1 aliphatic heterocycles. The van der Waals surface area contributed by atoms with E-state index < -0.39 is 0 Å². The van der Waals surface area contributed by atoms with Crippen LogP contribution in [0.1, 0.15) is 24.2 Å². The lowest BCUT2D eigenvalue weighted by atomic mass is 9.98. The van der Waals surface area contributed by atoms with Crippen LogP contribution >= 0.6 is 0 Å². The minimum Gasteiger partial charge on any atom is -0.459 e. The number of nitrogens with zero attached hydrogens (tertiary/aromatic N) is 4. The van der Waals surface area contributed by atoms with Gasteiger partial charge in [-0.15, -0.1) is 5.10 Å². The SMILES string of the molecule is Cc1c(CNC(=O)N2CCCC(Cn3ccnn3)C2)oc2ccc(F)cc12. The van der Waals surface area contributed by atoms with Crippen LogP contribution in [0.2, 0.25) is 0 Å². The molecule has 7 nitrogen and oxygen atoms in total. The Balaban J connectivity index is 1.37. The van der Waals surface area contributed by atoms with Crippen LogP contribution in [0.3, 0.4) is 0 Å². The summed E-state index contributed by atoms with van der Waals surface area (Å²) in [5, 5.41) is 11.5. The summed E-state index contributed by atoms with van der Waals surface area (Å²) >= 11 is 0. The van der Waals surface area contributed by atoms with E-state index in [0.29, 0.717) is 23.8 Å². The molecule has 0 bridgehead atoms. The number of benzene rings is 1. The number of urea groups is 1. The predicted octanol–water partition coefficient (Wildman–Crippen LogP) is 3.09. The number of carbonyl (C=O) groups is 1. The molecule has 0 spiro atoms. The number of nitrogens with one attached hydrogen (secondary N) is 1. The van der Waals surface area contributed by atoms with Gasteiger partial charge in [-0.05, 0) is 43.9 Å². The highest BCUT2D eigenvalue weighted by Crippen LogP contribution is 2.26. The number of likely N-dealkylation sites (tertiary alicyclic amines) is 1. The molecule has 27 heavy (non-hydrogen) atoms. The molecular formula is C19H22FN5O2. The number of furan rings is 1. The van der Waals surface area contributed by atoms with Gasteiger partial charge in [0.15, 0.2) is 0 Å². The second kappa shape index (κ2) is 7.38. The van der Waals surface area contributed by atoms with Crippen LogP contribution in [0.25, 0.3) is 11.0 Å². The van der Waals surface area contributed by atoms with Crippen molar-refractivity contribution >= 4 is 17.0 Å². The Labute approximate surface area is 156 Å². The Bertz CT molecular complexity index is 937. The Morgan fingerprint density at radius 1 is 1.44 bits per heavy atom. The lowest BCUT2D eigenvalue weighted by Gasteiger charge is -2.32. The van der Waals surface area contributed by atoms with E-state index in [1.807, 2.05) is 22.7 Å². The summed E-state index contributed by atoms with van der Waals surface area (Å²) in [5.41, 5.74) is 1.48. The van der Waals surface area contributed by atoms with Gasteiger partial charge in [-0.2, -0.15) is 0 Å². The van der Waals surface area contributed by atoms with E-state index >= 15 is 0 Å². The zero-order valence-corrected chi connectivity index (χ0v) is 15.2. The summed E-state index contributed by atoms with van der Waals surface area (Å²) < 4.78 is 21.0. The number of aromatic nitrogens is 3. The van der Waals surface area contributed by atoms with Crippen LogP contribution in [-0.4, -0.2) is 39.0 Å². The lowest BCUT2D eigenvalue weighted by molar-refractivity contribution is 0.156. The third-order valence-corrected chi connectivity index (χ3v) is 5.12. The molecule has 3 aromatic rings. The molecule has 142 valence electrons. The number of hydrogen-bond donors (Lipinski definition) is 1. The first kappa shape index (κ1) is 17.5. The van der Waals surface area contributed by atoms with Crippen molar-refractivity contribution < 1.29 is 13.6 Å². The molecule has 1 saturated heterocycles. The Kier molecular flexibility index (Phi) is 4.79. The number of aryl methyl sites for hydroxylation is 1. The van der Waals surface area contributed by atoms with Gasteiger partial charge >= 0.3 is 6.03 Å². The van der Waals surface area contributed by atoms with E-state index in [1.54, 1.807) is 12.3 Å². The van der Waals surface area contributed by atoms with Crippen molar-refractivity contribution in [2.75, 3.05) is 13.1 Å². The molecule has 1 atom stereocenters. The number of hydrogen-bond acceptors (Lipinski definition) is 4. The Morgan fingerprint density at radius 2 is 2.33 bits per heavy atom. The topological polar surface area (TPSA) is 76.2 Å². The molecule has 4 rings (SSSR count). The standard InChI is InChI=1S/C19H22FN5O2/c1-13-16-9-15(20)4-5-17(16)27-18(13)10-21-19(26)24-7-2-3-14(11-24)12-25-8-6-22-23-25/h4-6,8-9,14H,2-3,7,10-12H2,1H3,(H,21,26). The largest absolute Gasteiger partial charge is 0.459 e. The molecule has 1 aliphatic rings. The molecular weight excluding hydrogens is 349 g/mol. The van der Waals surface area contributed by atoms with Crippen molar-refractivity contribution in [1.29, 1.82) is 0 Å². The first-order valence-corrected chi connectivity index (χ1v) is 9.14. The van der Waals surface area contributed by atoms with Crippen LogP contribution in [-0.2, 0) is 13.1 Å². The van der Waals surface area contributed by atoms with Gasteiger partial charge in [0.05, 0.1) is 12.7 Å². The monoisotopic (exact) mass is 371 g/mol. The summed E-state index contributed by atoms with van der Waals surface area (Å²) in [6, 6.07) is 4.34. The highest BCUT2D eigenvalue weighted by Gasteiger charge is 2.24. The Hall–Kier alpha value is -2.90. The summed E-state index contributed by atoms with van der Waals surface area (Å²) in [4.78, 5) is 14.4. The van der Waals surface area contributed by atoms with Gasteiger partial charge in [-0.3, -0.25) is 4.68 Å². The summed E-state index contributed by atoms with van der Waals surface area (Å²) in [5.74, 6) is 0.718. The second-order valence-electron chi connectivity index (χ2n) is 7.03. The van der Waals surface area contributed by atoms with Gasteiger partial charge in [0.25, 0.3) is 0 Å². The normalized spacial score (nSPS) is 17.4. The lowest BCUT2D eigenvalue weighted by Crippen LogP contribution is -2.46. The maximum Gasteiger partial charge on any atom is 0.317 e. The molecule has 1 aromatic carbocycles. The van der Waals surface area contributed by atoms with E-state index in [9.17, 15) is 9.18 Å². The van der Waals surface area contributed by atoms with Crippen LogP contribution < -0.4 is 5.32 Å². The van der Waals surface area contributed by atoms with E-state index in [2.05, 4.69) is 15.6 Å². The van der Waals surface area contributed by atoms with E-state index in [1.165, 1.54) is 12.1 Å². The quantitative estimate of drug-likeness (QED) is 0.765. The molecule has 8 heteroatoms. The maximum atomic E-state index is 13.4. The van der Waals surface area contributed by atoms with Gasteiger partial charge in [0.2, 0.25) is 0 Å². The fraction of sp³-hybridized carbons (Fsp3) is 0.421. The fourth-order valence-corrected chi connectivity index (χ4v) is 3.67. The fourth-order valence-electron chi connectivity index (χ4n) is 3.67. The molecule has 1 unspecified atom stereocenters. The van der Waals surface area contributed by atoms with E-state index in [4.69, 9.17) is 4.42 Å². The van der Waals surface area contributed by atoms with Crippen molar-refractivity contribution in [3.8, 4) is 0 Å². The molecule has 1 N–H and O–H groups in total. The molecule has 0 aliphatic carbocycles. The zero-order valence-electron chi connectivity index (χ0n) is 15.2. The van der Waals surface area contributed by atoms with Gasteiger partial charge in [0.1, 0.15) is 17.2 Å². The minimum absolute atomic E-state index is 0.107. The second-order valence-corrected chi connectivity index (χ2v) is 7.03. The van der Waals surface area contributed by atoms with E-state index in [0.717, 1.165) is 36.9 Å². The molecule has 3 heterocycles. The summed E-state index contributed by atoms with van der Waals surface area (Å²) in [6.45, 7) is 4.35. The van der Waals surface area contributed by atoms with Crippen LogP contribution in [0.15, 0.2) is 35.0 Å². The number of rotatable bonds is 4. The van der Waals surface area contributed by atoms with Gasteiger partial charge < -0.3 is 14.6 Å². The van der Waals surface area contributed by atoms with Crippen LogP contribution in [0.5, 0.6) is 0 Å². The Morgan fingerprint density at radius 3 is 3.15 bits per heavy atom. The number of amides is 2. The van der Waals surface area contributed by atoms with Gasteiger partial charge in [-0.1, -0.05) is 5.21 Å². The van der Waals surface area contributed by atoms with Crippen molar-refractivity contribution in [2.45, 2.75) is 32.9 Å². The number of halogens is 1. The molecule has 0 radical (unpaired) electrons. The zero-order chi connectivity index (χ0) is 18.8. The highest BCUT2D eigenvalue weighted by atomic mass is 19.1. The van der Waals surface area contributed by atoms with E-state index in [-0.39, 0.29) is 18.4 Å². The maximum absolute atomic E-state index is 13.4. The average Bonchev–Trinajstić information content (AvgIpc) is 3.28. The van der Waals surface area contributed by atoms with Crippen LogP contribution in [0.4, 0.5) is 9.18 Å². The van der Waals surface area contributed by atoms with Gasteiger partial charge in [-0.25, -0.2) is 9.18 Å². The van der Waals surface area contributed by atoms with Crippen LogP contribution in [0, 0.1) is 18.7 Å². The predicted molar refractivity (Wildman–Crippen MR) is 97.5 cm³/mol. The average molecular weight is 371 g/mol. The molecule has 0 saturated carbocycles. The van der Waals surface area contributed by atoms with Crippen molar-refractivity contribution in [1.82, 2.24) is 25.2 Å². The molecule has 2 aromatic heterocycles. The first-order valence-electron chi connectivity index (χ1n) is 9.14. The molecule has 2 amide bonds. The third kappa shape index (κ3) is 3.79. The summed E-state index contributed by atoms with van der Waals surface area (Å²) in [6.07, 6.45) is 5.54. The first-order chi connectivity index (χ1) is 13.1. The summed E-state index contributed by atoms with van der Waals surface area (Å²) in [7, 11) is 0. The smallest absolute Gasteiger partial charge is 0.317 e. The highest BCUT2D eigenvalue weighted by molar-refractivity contribution is 5.82. The van der Waals surface area contributed by atoms with Crippen molar-refractivity contribution in [3.05, 3.63) is 47.7 Å². The molecule has 1 fully saturated rings. The number of piperidine rings is 1. The van der Waals surface area contributed by atoms with Crippen molar-refractivity contribution in [3.63, 3.8) is 0 Å². The third-order valence-electron chi connectivity index (χ3n) is 5.12. The minimum atomic E-state index is -0.297. The number of carbonyl (C=O) groups excluding carboxylic acids is 1. The number of fused-ring (bicyclic) bond motifs is 1.